The summed E-state index contributed by atoms with van der Waals surface area (Å²) in [6.45, 7) is 0. The quantitative estimate of drug-likeness (QED) is 0.692. The number of hydrogen-bond acceptors (Lipinski definition) is 2. The second-order valence-electron chi connectivity index (χ2n) is 1.75. The van der Waals surface area contributed by atoms with Crippen LogP contribution in [0.1, 0.15) is 5.56 Å². The molecule has 0 spiro atoms. The third-order valence-corrected chi connectivity index (χ3v) is 1.76. The molecule has 2 nitrogen and oxygen atoms in total. The molecule has 0 saturated carbocycles. The Morgan fingerprint density at radius 3 is 2.60 bits per heavy atom. The van der Waals surface area contributed by atoms with Crippen molar-refractivity contribution < 1.29 is 5.11 Å². The summed E-state index contributed by atoms with van der Waals surface area (Å²) in [5.74, 6) is 0.0110. The van der Waals surface area contributed by atoms with E-state index in [1.165, 1.54) is 6.07 Å². The Hall–Kier alpha value is -1.01. The molecule has 3 heteroatoms. The van der Waals surface area contributed by atoms with Gasteiger partial charge in [-0.05, 0) is 28.1 Å². The summed E-state index contributed by atoms with van der Waals surface area (Å²) in [6, 6.07) is 6.72. The molecule has 10 heavy (non-hydrogen) atoms. The number of nitrogens with zero attached hydrogens (tertiary/aromatic N) is 1. The van der Waals surface area contributed by atoms with Crippen LogP contribution >= 0.6 is 15.9 Å². The van der Waals surface area contributed by atoms with Crippen molar-refractivity contribution in [3.63, 3.8) is 0 Å². The van der Waals surface area contributed by atoms with Crippen LogP contribution in [-0.4, -0.2) is 5.11 Å². The first kappa shape index (κ1) is 7.10. The van der Waals surface area contributed by atoms with Crippen LogP contribution in [0.3, 0.4) is 0 Å². The Balaban J connectivity index is 3.34. The van der Waals surface area contributed by atoms with Crippen LogP contribution in [0.4, 0.5) is 0 Å². The van der Waals surface area contributed by atoms with Crippen molar-refractivity contribution in [2.75, 3.05) is 0 Å². The van der Waals surface area contributed by atoms with Gasteiger partial charge in [0.15, 0.2) is 0 Å². The van der Waals surface area contributed by atoms with E-state index in [2.05, 4.69) is 15.9 Å². The van der Waals surface area contributed by atoms with Gasteiger partial charge in [-0.3, -0.25) is 0 Å². The number of hydrogen-bond donors (Lipinski definition) is 1. The van der Waals surface area contributed by atoms with Crippen molar-refractivity contribution in [2.24, 2.45) is 0 Å². The molecule has 0 bridgehead atoms. The maximum absolute atomic E-state index is 9.04. The van der Waals surface area contributed by atoms with Gasteiger partial charge in [-0.1, -0.05) is 6.07 Å². The topological polar surface area (TPSA) is 44.0 Å². The van der Waals surface area contributed by atoms with E-state index >= 15 is 0 Å². The Kier molecular flexibility index (Phi) is 1.93. The van der Waals surface area contributed by atoms with Gasteiger partial charge in [0.1, 0.15) is 17.4 Å². The predicted octanol–water partition coefficient (Wildman–Crippen LogP) is 2.03. The Morgan fingerprint density at radius 2 is 2.20 bits per heavy atom. The lowest BCUT2D eigenvalue weighted by molar-refractivity contribution is 0.473. The standard InChI is InChI=1S/C7H4BrNO/c8-6-2-1-3-7(10)5(6)4-9/h1-3,10H. The zero-order valence-electron chi connectivity index (χ0n) is 5.00. The van der Waals surface area contributed by atoms with Gasteiger partial charge in [-0.15, -0.1) is 0 Å². The Bertz CT molecular complexity index is 270. The Morgan fingerprint density at radius 1 is 1.50 bits per heavy atom. The summed E-state index contributed by atoms with van der Waals surface area (Å²) in [6.07, 6.45) is 0. The number of nitriles is 1. The third-order valence-electron chi connectivity index (χ3n) is 1.10. The summed E-state index contributed by atoms with van der Waals surface area (Å²) in [7, 11) is 0. The first-order valence-corrected chi connectivity index (χ1v) is 3.42. The highest BCUT2D eigenvalue weighted by molar-refractivity contribution is 9.10. The molecule has 0 unspecified atom stereocenters. The molecule has 0 saturated heterocycles. The van der Waals surface area contributed by atoms with Gasteiger partial charge in [-0.25, -0.2) is 0 Å². The molecule has 0 aliphatic rings. The van der Waals surface area contributed by atoms with Gasteiger partial charge in [0.2, 0.25) is 0 Å². The second-order valence-corrected chi connectivity index (χ2v) is 2.60. The van der Waals surface area contributed by atoms with E-state index in [1.807, 2.05) is 6.07 Å². The average Bonchev–Trinajstić information content (AvgIpc) is 1.88. The molecular weight excluding hydrogens is 194 g/mol. The van der Waals surface area contributed by atoms with Crippen LogP contribution in [0, 0.1) is 11.3 Å². The van der Waals surface area contributed by atoms with E-state index in [0.29, 0.717) is 4.47 Å². The zero-order chi connectivity index (χ0) is 7.56. The molecule has 0 atom stereocenters. The predicted molar refractivity (Wildman–Crippen MR) is 40.5 cm³/mol. The molecule has 0 fully saturated rings. The first-order chi connectivity index (χ1) is 4.75. The number of aromatic hydroxyl groups is 1. The summed E-state index contributed by atoms with van der Waals surface area (Å²) in [4.78, 5) is 0. The van der Waals surface area contributed by atoms with Crippen LogP contribution in [0.15, 0.2) is 22.7 Å². The van der Waals surface area contributed by atoms with E-state index in [1.54, 1.807) is 12.1 Å². The van der Waals surface area contributed by atoms with E-state index in [9.17, 15) is 0 Å². The van der Waals surface area contributed by atoms with E-state index in [-0.39, 0.29) is 11.3 Å². The summed E-state index contributed by atoms with van der Waals surface area (Å²) >= 11 is 3.12. The van der Waals surface area contributed by atoms with Crippen molar-refractivity contribution >= 4 is 15.9 Å². The molecule has 0 aliphatic heterocycles. The number of phenols is 1. The summed E-state index contributed by atoms with van der Waals surface area (Å²) in [5, 5.41) is 17.5. The first-order valence-electron chi connectivity index (χ1n) is 2.63. The molecule has 50 valence electrons. The SMILES string of the molecule is N#Cc1c(O)cccc1Br. The lowest BCUT2D eigenvalue weighted by atomic mass is 10.2. The van der Waals surface area contributed by atoms with Crippen LogP contribution in [0.25, 0.3) is 0 Å². The van der Waals surface area contributed by atoms with Crippen molar-refractivity contribution in [1.29, 1.82) is 5.26 Å². The molecule has 1 N–H and O–H groups in total. The third kappa shape index (κ3) is 1.12. The molecule has 0 heterocycles. The maximum Gasteiger partial charge on any atom is 0.134 e. The lowest BCUT2D eigenvalue weighted by Crippen LogP contribution is -1.76. The van der Waals surface area contributed by atoms with Gasteiger partial charge >= 0.3 is 0 Å². The number of halogens is 1. The monoisotopic (exact) mass is 197 g/mol. The van der Waals surface area contributed by atoms with Crippen LogP contribution in [0.2, 0.25) is 0 Å². The highest BCUT2D eigenvalue weighted by atomic mass is 79.9. The maximum atomic E-state index is 9.04. The molecule has 1 aromatic carbocycles. The van der Waals surface area contributed by atoms with Gasteiger partial charge in [-0.2, -0.15) is 5.26 Å². The minimum absolute atomic E-state index is 0.0110. The van der Waals surface area contributed by atoms with Crippen LogP contribution < -0.4 is 0 Å². The molecule has 1 rings (SSSR count). The Labute approximate surface area is 66.9 Å². The van der Waals surface area contributed by atoms with E-state index < -0.39 is 0 Å². The smallest absolute Gasteiger partial charge is 0.134 e. The summed E-state index contributed by atoms with van der Waals surface area (Å²) in [5.41, 5.74) is 0.280. The van der Waals surface area contributed by atoms with Gasteiger partial charge < -0.3 is 5.11 Å². The van der Waals surface area contributed by atoms with Crippen LogP contribution in [0.5, 0.6) is 5.75 Å². The van der Waals surface area contributed by atoms with Crippen LogP contribution in [-0.2, 0) is 0 Å². The molecule has 0 amide bonds. The molecule has 0 aromatic heterocycles. The van der Waals surface area contributed by atoms with Gasteiger partial charge in [0.05, 0.1) is 0 Å². The minimum atomic E-state index is 0.0110. The van der Waals surface area contributed by atoms with Crippen molar-refractivity contribution in [3.05, 3.63) is 28.2 Å². The lowest BCUT2D eigenvalue weighted by Gasteiger charge is -1.95. The fourth-order valence-electron chi connectivity index (χ4n) is 0.623. The number of phenolic OH excluding ortho intramolecular Hbond substituents is 1. The fourth-order valence-corrected chi connectivity index (χ4v) is 1.07. The van der Waals surface area contributed by atoms with E-state index in [4.69, 9.17) is 10.4 Å². The minimum Gasteiger partial charge on any atom is -0.507 e. The zero-order valence-corrected chi connectivity index (χ0v) is 6.59. The number of rotatable bonds is 0. The highest BCUT2D eigenvalue weighted by Crippen LogP contribution is 2.23. The molecule has 1 aromatic rings. The summed E-state index contributed by atoms with van der Waals surface area (Å²) < 4.78 is 0.620. The molecule has 0 aliphatic carbocycles. The average molecular weight is 198 g/mol. The van der Waals surface area contributed by atoms with Gasteiger partial charge in [0, 0.05) is 4.47 Å². The van der Waals surface area contributed by atoms with Gasteiger partial charge in [0.25, 0.3) is 0 Å². The second kappa shape index (κ2) is 2.72. The number of benzene rings is 1. The van der Waals surface area contributed by atoms with Crippen molar-refractivity contribution in [1.82, 2.24) is 0 Å². The van der Waals surface area contributed by atoms with Crippen molar-refractivity contribution in [3.8, 4) is 11.8 Å². The normalized spacial score (nSPS) is 8.80. The highest BCUT2D eigenvalue weighted by Gasteiger charge is 2.01. The molecular formula is C7H4BrNO. The fraction of sp³-hybridized carbons (Fsp3) is 0. The van der Waals surface area contributed by atoms with E-state index in [0.717, 1.165) is 0 Å². The van der Waals surface area contributed by atoms with Crippen molar-refractivity contribution in [2.45, 2.75) is 0 Å². The molecule has 0 radical (unpaired) electrons. The largest absolute Gasteiger partial charge is 0.507 e.